The van der Waals surface area contributed by atoms with Crippen LogP contribution in [0.2, 0.25) is 10.2 Å². The molecule has 0 aliphatic carbocycles. The zero-order chi connectivity index (χ0) is 21.0. The molecule has 3 aromatic rings. The number of rotatable bonds is 3. The molecule has 29 heavy (non-hydrogen) atoms. The van der Waals surface area contributed by atoms with E-state index in [9.17, 15) is 8.78 Å². The quantitative estimate of drug-likeness (QED) is 0.569. The first-order valence-corrected chi connectivity index (χ1v) is 9.84. The number of fused-ring (bicyclic) bond motifs is 1. The molecule has 4 rings (SSSR count). The normalized spacial score (nSPS) is 16.7. The van der Waals surface area contributed by atoms with Gasteiger partial charge in [0.2, 0.25) is 5.65 Å². The van der Waals surface area contributed by atoms with E-state index in [0.29, 0.717) is 33.4 Å². The summed E-state index contributed by atoms with van der Waals surface area (Å²) in [7, 11) is 0. The Bertz CT molecular complexity index is 1060. The summed E-state index contributed by atoms with van der Waals surface area (Å²) in [6.45, 7) is 5.82. The Balaban J connectivity index is 1.81. The van der Waals surface area contributed by atoms with E-state index in [1.807, 2.05) is 20.8 Å². The van der Waals surface area contributed by atoms with Crippen molar-refractivity contribution in [1.29, 1.82) is 0 Å². The van der Waals surface area contributed by atoms with E-state index in [0.717, 1.165) is 0 Å². The lowest BCUT2D eigenvalue weighted by Gasteiger charge is -2.21. The molecule has 1 aliphatic heterocycles. The van der Waals surface area contributed by atoms with Gasteiger partial charge in [0.15, 0.2) is 11.3 Å². The van der Waals surface area contributed by atoms with Crippen LogP contribution in [0.25, 0.3) is 11.2 Å². The molecule has 0 amide bonds. The lowest BCUT2D eigenvalue weighted by Crippen LogP contribution is -2.27. The second-order valence-electron chi connectivity index (χ2n) is 8.11. The van der Waals surface area contributed by atoms with E-state index in [1.54, 1.807) is 11.0 Å². The predicted octanol–water partition coefficient (Wildman–Crippen LogP) is 4.11. The smallest absolute Gasteiger partial charge is 0.266 e. The van der Waals surface area contributed by atoms with Gasteiger partial charge in [0, 0.05) is 30.1 Å². The summed E-state index contributed by atoms with van der Waals surface area (Å²) in [4.78, 5) is 16.1. The number of alkyl halides is 2. The maximum atomic E-state index is 13.8. The van der Waals surface area contributed by atoms with Gasteiger partial charge in [-0.05, 0) is 6.07 Å². The van der Waals surface area contributed by atoms with Gasteiger partial charge in [-0.25, -0.2) is 23.7 Å². The number of pyridine rings is 1. The van der Waals surface area contributed by atoms with Crippen LogP contribution in [-0.4, -0.2) is 49.0 Å². The summed E-state index contributed by atoms with van der Waals surface area (Å²) in [5, 5.41) is 9.57. The van der Waals surface area contributed by atoms with Crippen molar-refractivity contribution in [2.75, 3.05) is 18.0 Å². The molecular weight excluding hydrogens is 423 g/mol. The van der Waals surface area contributed by atoms with E-state index in [4.69, 9.17) is 23.2 Å². The summed E-state index contributed by atoms with van der Waals surface area (Å²) in [5.74, 6) is -1.88. The summed E-state index contributed by atoms with van der Waals surface area (Å²) in [5.41, 5.74) is 0.887. The monoisotopic (exact) mass is 441 g/mol. The molecule has 154 valence electrons. The minimum Gasteiger partial charge on any atom is -0.348 e. The Morgan fingerprint density at radius 1 is 1.17 bits per heavy atom. The fraction of sp³-hybridized carbons (Fsp3) is 0.500. The van der Waals surface area contributed by atoms with Crippen molar-refractivity contribution in [3.8, 4) is 0 Å². The SMILES string of the molecule is CC(C)(C)c1nc(N2CCC(F)(F)C2)c2nn(Cc3c(Cl)ccnc3Cl)nc2n1. The second-order valence-corrected chi connectivity index (χ2v) is 8.88. The lowest BCUT2D eigenvalue weighted by molar-refractivity contribution is 0.0257. The highest BCUT2D eigenvalue weighted by atomic mass is 35.5. The maximum absolute atomic E-state index is 13.8. The molecule has 1 saturated heterocycles. The minimum absolute atomic E-state index is 0.169. The van der Waals surface area contributed by atoms with Crippen LogP contribution in [0.4, 0.5) is 14.6 Å². The number of aromatic nitrogens is 6. The van der Waals surface area contributed by atoms with Crippen LogP contribution in [0.3, 0.4) is 0 Å². The van der Waals surface area contributed by atoms with Gasteiger partial charge in [-0.1, -0.05) is 44.0 Å². The first-order valence-electron chi connectivity index (χ1n) is 9.08. The fourth-order valence-corrected chi connectivity index (χ4v) is 3.58. The topological polar surface area (TPSA) is 72.6 Å². The Kier molecular flexibility index (Phi) is 4.85. The highest BCUT2D eigenvalue weighted by Crippen LogP contribution is 2.34. The number of nitrogens with zero attached hydrogens (tertiary/aromatic N) is 7. The number of hydrogen-bond donors (Lipinski definition) is 0. The van der Waals surface area contributed by atoms with Crippen molar-refractivity contribution in [3.63, 3.8) is 0 Å². The van der Waals surface area contributed by atoms with Crippen molar-refractivity contribution >= 4 is 40.2 Å². The molecule has 3 aromatic heterocycles. The van der Waals surface area contributed by atoms with E-state index < -0.39 is 12.5 Å². The van der Waals surface area contributed by atoms with Crippen LogP contribution in [0, 0.1) is 0 Å². The zero-order valence-corrected chi connectivity index (χ0v) is 17.6. The molecule has 0 N–H and O–H groups in total. The van der Waals surface area contributed by atoms with Gasteiger partial charge in [-0.2, -0.15) is 4.80 Å². The largest absolute Gasteiger partial charge is 0.348 e. The third kappa shape index (κ3) is 3.98. The highest BCUT2D eigenvalue weighted by molar-refractivity contribution is 6.35. The van der Waals surface area contributed by atoms with Gasteiger partial charge in [0.1, 0.15) is 11.0 Å². The Labute approximate surface area is 176 Å². The van der Waals surface area contributed by atoms with Gasteiger partial charge in [0.25, 0.3) is 5.92 Å². The molecule has 0 unspecified atom stereocenters. The summed E-state index contributed by atoms with van der Waals surface area (Å²) < 4.78 is 27.7. The van der Waals surface area contributed by atoms with E-state index >= 15 is 0 Å². The third-order valence-corrected chi connectivity index (χ3v) is 5.34. The van der Waals surface area contributed by atoms with Crippen molar-refractivity contribution < 1.29 is 8.78 Å². The van der Waals surface area contributed by atoms with Crippen molar-refractivity contribution in [2.24, 2.45) is 0 Å². The van der Waals surface area contributed by atoms with Crippen LogP contribution in [0.1, 0.15) is 38.6 Å². The summed E-state index contributed by atoms with van der Waals surface area (Å²) in [6.07, 6.45) is 1.28. The molecule has 0 radical (unpaired) electrons. The van der Waals surface area contributed by atoms with Crippen molar-refractivity contribution in [3.05, 3.63) is 33.8 Å². The van der Waals surface area contributed by atoms with Crippen LogP contribution >= 0.6 is 23.2 Å². The van der Waals surface area contributed by atoms with E-state index in [-0.39, 0.29) is 30.1 Å². The summed E-state index contributed by atoms with van der Waals surface area (Å²) >= 11 is 12.4. The minimum atomic E-state index is -2.76. The fourth-order valence-electron chi connectivity index (χ4n) is 3.11. The molecule has 11 heteroatoms. The average Bonchev–Trinajstić information content (AvgIpc) is 3.19. The van der Waals surface area contributed by atoms with Crippen LogP contribution in [-0.2, 0) is 12.0 Å². The van der Waals surface area contributed by atoms with Crippen LogP contribution < -0.4 is 4.90 Å². The van der Waals surface area contributed by atoms with E-state index in [2.05, 4.69) is 25.1 Å². The highest BCUT2D eigenvalue weighted by Gasteiger charge is 2.40. The number of anilines is 1. The van der Waals surface area contributed by atoms with Crippen molar-refractivity contribution in [1.82, 2.24) is 29.9 Å². The number of hydrogen-bond acceptors (Lipinski definition) is 6. The average molecular weight is 442 g/mol. The lowest BCUT2D eigenvalue weighted by atomic mass is 9.96. The number of halogens is 4. The Morgan fingerprint density at radius 2 is 1.93 bits per heavy atom. The van der Waals surface area contributed by atoms with Gasteiger partial charge in [0.05, 0.1) is 18.1 Å². The van der Waals surface area contributed by atoms with Gasteiger partial charge >= 0.3 is 0 Å². The van der Waals surface area contributed by atoms with Gasteiger partial charge < -0.3 is 4.90 Å². The molecule has 0 bridgehead atoms. The van der Waals surface area contributed by atoms with Crippen LogP contribution in [0.15, 0.2) is 12.3 Å². The zero-order valence-electron chi connectivity index (χ0n) is 16.1. The first-order chi connectivity index (χ1) is 13.5. The second kappa shape index (κ2) is 6.98. The molecule has 7 nitrogen and oxygen atoms in total. The summed E-state index contributed by atoms with van der Waals surface area (Å²) in [6, 6.07) is 1.63. The molecule has 0 aromatic carbocycles. The van der Waals surface area contributed by atoms with E-state index in [1.165, 1.54) is 11.0 Å². The van der Waals surface area contributed by atoms with Crippen LogP contribution in [0.5, 0.6) is 0 Å². The molecule has 0 saturated carbocycles. The standard InChI is InChI=1S/C18H19Cl2F2N7/c1-17(2,3)16-24-14-12(15(25-16)28-7-5-18(21,22)9-28)26-29(27-14)8-10-11(19)4-6-23-13(10)20/h4,6H,5,7-9H2,1-3H3. The van der Waals surface area contributed by atoms with Crippen molar-refractivity contribution in [2.45, 2.75) is 45.1 Å². The molecule has 0 spiro atoms. The molecule has 1 fully saturated rings. The Morgan fingerprint density at radius 3 is 2.55 bits per heavy atom. The molecule has 4 heterocycles. The maximum Gasteiger partial charge on any atom is 0.266 e. The van der Waals surface area contributed by atoms with Gasteiger partial charge in [-0.3, -0.25) is 0 Å². The Hall–Kier alpha value is -2.13. The van der Waals surface area contributed by atoms with Gasteiger partial charge in [-0.15, -0.1) is 10.2 Å². The molecule has 1 aliphatic rings. The predicted molar refractivity (Wildman–Crippen MR) is 107 cm³/mol. The molecule has 0 atom stereocenters. The first kappa shape index (κ1) is 20.2. The molecular formula is C18H19Cl2F2N7. The third-order valence-electron chi connectivity index (χ3n) is 4.66.